The lowest BCUT2D eigenvalue weighted by atomic mass is 10.1. The predicted molar refractivity (Wildman–Crippen MR) is 160 cm³/mol. The van der Waals surface area contributed by atoms with Crippen molar-refractivity contribution in [2.75, 3.05) is 31.0 Å². The first-order chi connectivity index (χ1) is 19.9. The minimum Gasteiger partial charge on any atom is -0.506 e. The quantitative estimate of drug-likeness (QED) is 0.165. The van der Waals surface area contributed by atoms with Crippen LogP contribution in [0.1, 0.15) is 13.8 Å². The number of nitrogens with zero attached hydrogens (tertiary/aromatic N) is 4. The number of methoxy groups -OCH3 is 1. The van der Waals surface area contributed by atoms with Crippen LogP contribution in [0.15, 0.2) is 90.9 Å². The highest BCUT2D eigenvalue weighted by molar-refractivity contribution is 7.91. The Bertz CT molecular complexity index is 1940. The molecule has 0 aliphatic heterocycles. The van der Waals surface area contributed by atoms with Gasteiger partial charge in [0.2, 0.25) is 0 Å². The smallest absolute Gasteiger partial charge is 0.178 e. The summed E-state index contributed by atoms with van der Waals surface area (Å²) in [4.78, 5) is 0.0755. The van der Waals surface area contributed by atoms with Crippen LogP contribution in [0.2, 0.25) is 0 Å². The van der Waals surface area contributed by atoms with Crippen molar-refractivity contribution in [3.8, 4) is 17.2 Å². The molecule has 0 aliphatic carbocycles. The lowest BCUT2D eigenvalue weighted by Gasteiger charge is -2.11. The Hall–Kier alpha value is -4.56. The average molecular weight is 612 g/mol. The van der Waals surface area contributed by atoms with Crippen LogP contribution >= 0.6 is 0 Å². The van der Waals surface area contributed by atoms with Crippen molar-refractivity contribution in [3.63, 3.8) is 0 Å². The molecule has 0 spiro atoms. The fourth-order valence-electron chi connectivity index (χ4n) is 4.02. The molecular weight excluding hydrogens is 582 g/mol. The van der Waals surface area contributed by atoms with Crippen LogP contribution < -0.4 is 10.1 Å². The molecule has 0 aromatic heterocycles. The molecule has 4 aromatic carbocycles. The standard InChI is InChI=1S/C28H29N5O7S2/c1-5-41(36,37)17-7-13-25(34)23(15-17)31-30-22-12-9-19-20(28(22)35)10-11-21(29-3)27(19)33-32-24-16-18(42(38,39)6-2)8-14-26(24)40-4/h7-16,29,34-35H,5-6H2,1-4H3/b31-30+,33-32+. The van der Waals surface area contributed by atoms with Crippen LogP contribution in [-0.2, 0) is 19.7 Å². The number of sulfone groups is 2. The van der Waals surface area contributed by atoms with E-state index < -0.39 is 19.7 Å². The van der Waals surface area contributed by atoms with E-state index in [-0.39, 0.29) is 49.9 Å². The lowest BCUT2D eigenvalue weighted by molar-refractivity contribution is 0.415. The number of rotatable bonds is 10. The summed E-state index contributed by atoms with van der Waals surface area (Å²) in [6.07, 6.45) is 0. The molecule has 14 heteroatoms. The second-order valence-corrected chi connectivity index (χ2v) is 13.5. The van der Waals surface area contributed by atoms with Crippen molar-refractivity contribution >= 4 is 58.9 Å². The molecule has 0 heterocycles. The SMILES string of the molecule is CCS(=O)(=O)c1ccc(O)c(/N=N/c2ccc3c(/N=N/c4cc(S(=O)(=O)CC)ccc4OC)c(NC)ccc3c2O)c1. The van der Waals surface area contributed by atoms with Crippen molar-refractivity contribution in [1.29, 1.82) is 0 Å². The minimum atomic E-state index is -3.54. The maximum absolute atomic E-state index is 12.4. The fraction of sp³-hybridized carbons (Fsp3) is 0.214. The van der Waals surface area contributed by atoms with Crippen LogP contribution in [0.3, 0.4) is 0 Å². The van der Waals surface area contributed by atoms with Crippen molar-refractivity contribution < 1.29 is 31.8 Å². The van der Waals surface area contributed by atoms with Gasteiger partial charge in [0.1, 0.15) is 34.2 Å². The summed E-state index contributed by atoms with van der Waals surface area (Å²) in [5.41, 5.74) is 1.12. The van der Waals surface area contributed by atoms with Crippen molar-refractivity contribution in [2.24, 2.45) is 20.5 Å². The molecule has 0 unspecified atom stereocenters. The second kappa shape index (κ2) is 12.1. The van der Waals surface area contributed by atoms with E-state index in [1.165, 1.54) is 56.5 Å². The van der Waals surface area contributed by atoms with E-state index in [2.05, 4.69) is 25.8 Å². The van der Waals surface area contributed by atoms with Crippen molar-refractivity contribution in [2.45, 2.75) is 23.6 Å². The summed E-state index contributed by atoms with van der Waals surface area (Å²) in [6, 6.07) is 14.5. The summed E-state index contributed by atoms with van der Waals surface area (Å²) in [6.45, 7) is 3.06. The number of fused-ring (bicyclic) bond motifs is 1. The van der Waals surface area contributed by atoms with E-state index in [1.807, 2.05) is 0 Å². The molecule has 0 fully saturated rings. The van der Waals surface area contributed by atoms with Gasteiger partial charge in [-0.1, -0.05) is 13.8 Å². The van der Waals surface area contributed by atoms with Gasteiger partial charge in [0.25, 0.3) is 0 Å². The summed E-state index contributed by atoms with van der Waals surface area (Å²) < 4.78 is 54.6. The molecule has 3 N–H and O–H groups in total. The molecule has 0 aliphatic rings. The Kier molecular flexibility index (Phi) is 8.78. The van der Waals surface area contributed by atoms with Crippen molar-refractivity contribution in [3.05, 3.63) is 60.7 Å². The van der Waals surface area contributed by atoms with E-state index in [1.54, 1.807) is 32.2 Å². The maximum Gasteiger partial charge on any atom is 0.178 e. The number of hydrogen-bond acceptors (Lipinski definition) is 12. The van der Waals surface area contributed by atoms with Gasteiger partial charge in [-0.2, -0.15) is 0 Å². The van der Waals surface area contributed by atoms with Gasteiger partial charge in [0, 0.05) is 17.8 Å². The van der Waals surface area contributed by atoms with E-state index in [9.17, 15) is 27.0 Å². The van der Waals surface area contributed by atoms with Gasteiger partial charge in [-0.3, -0.25) is 0 Å². The Balaban J connectivity index is 1.78. The molecule has 42 heavy (non-hydrogen) atoms. The lowest BCUT2D eigenvalue weighted by Crippen LogP contribution is -2.03. The second-order valence-electron chi connectivity index (χ2n) is 8.93. The number of hydrogen-bond donors (Lipinski definition) is 3. The summed E-state index contributed by atoms with van der Waals surface area (Å²) in [7, 11) is -3.90. The fourth-order valence-corrected chi connectivity index (χ4v) is 5.82. The third-order valence-electron chi connectivity index (χ3n) is 6.49. The van der Waals surface area contributed by atoms with Gasteiger partial charge in [-0.05, 0) is 60.7 Å². The van der Waals surface area contributed by atoms with E-state index in [0.717, 1.165) is 0 Å². The molecule has 220 valence electrons. The zero-order valence-corrected chi connectivity index (χ0v) is 24.9. The molecule has 12 nitrogen and oxygen atoms in total. The molecule has 4 rings (SSSR count). The molecular formula is C28H29N5O7S2. The number of azo groups is 2. The molecule has 0 radical (unpaired) electrons. The molecule has 0 atom stereocenters. The van der Waals surface area contributed by atoms with E-state index in [4.69, 9.17) is 4.74 Å². The number of aromatic hydroxyl groups is 2. The highest BCUT2D eigenvalue weighted by Crippen LogP contribution is 2.44. The van der Waals surface area contributed by atoms with Crippen LogP contribution in [-0.4, -0.2) is 52.7 Å². The molecule has 0 amide bonds. The Morgan fingerprint density at radius 2 is 1.29 bits per heavy atom. The van der Waals surface area contributed by atoms with Crippen LogP contribution in [0.5, 0.6) is 17.2 Å². The van der Waals surface area contributed by atoms with Gasteiger partial charge in [-0.25, -0.2) is 16.8 Å². The Morgan fingerprint density at radius 1 is 0.714 bits per heavy atom. The normalized spacial score (nSPS) is 12.4. The third-order valence-corrected chi connectivity index (χ3v) is 9.96. The Morgan fingerprint density at radius 3 is 1.90 bits per heavy atom. The van der Waals surface area contributed by atoms with Crippen LogP contribution in [0, 0.1) is 0 Å². The monoisotopic (exact) mass is 611 g/mol. The summed E-state index contributed by atoms with van der Waals surface area (Å²) in [5.74, 6) is -0.387. The first-order valence-corrected chi connectivity index (χ1v) is 16.0. The molecule has 0 saturated heterocycles. The molecule has 4 aromatic rings. The highest BCUT2D eigenvalue weighted by atomic mass is 32.2. The van der Waals surface area contributed by atoms with Crippen LogP contribution in [0.25, 0.3) is 10.8 Å². The van der Waals surface area contributed by atoms with E-state index >= 15 is 0 Å². The molecule has 0 saturated carbocycles. The average Bonchev–Trinajstić information content (AvgIpc) is 2.99. The van der Waals surface area contributed by atoms with Gasteiger partial charge in [-0.15, -0.1) is 20.5 Å². The summed E-state index contributed by atoms with van der Waals surface area (Å²) >= 11 is 0. The highest BCUT2D eigenvalue weighted by Gasteiger charge is 2.17. The largest absolute Gasteiger partial charge is 0.506 e. The molecule has 0 bridgehead atoms. The zero-order chi connectivity index (χ0) is 30.7. The number of ether oxygens (including phenoxy) is 1. The maximum atomic E-state index is 12.4. The van der Waals surface area contributed by atoms with E-state index in [0.29, 0.717) is 27.9 Å². The van der Waals surface area contributed by atoms with Gasteiger partial charge < -0.3 is 20.3 Å². The zero-order valence-electron chi connectivity index (χ0n) is 23.2. The minimum absolute atomic E-state index is 0.0106. The van der Waals surface area contributed by atoms with Gasteiger partial charge >= 0.3 is 0 Å². The summed E-state index contributed by atoms with van der Waals surface area (Å²) in [5, 5.41) is 41.8. The number of nitrogens with one attached hydrogen (secondary N) is 1. The predicted octanol–water partition coefficient (Wildman–Crippen LogP) is 6.72. The topological polar surface area (TPSA) is 179 Å². The van der Waals surface area contributed by atoms with Crippen LogP contribution in [0.4, 0.5) is 28.4 Å². The number of phenolic OH excluding ortho intramolecular Hbond substituents is 2. The van der Waals surface area contributed by atoms with Crippen molar-refractivity contribution in [1.82, 2.24) is 0 Å². The third kappa shape index (κ3) is 6.04. The number of phenols is 2. The first-order valence-electron chi connectivity index (χ1n) is 12.7. The Labute approximate surface area is 243 Å². The first kappa shape index (κ1) is 30.4. The van der Waals surface area contributed by atoms with Gasteiger partial charge in [0.15, 0.2) is 25.4 Å². The van der Waals surface area contributed by atoms with Gasteiger partial charge in [0.05, 0.1) is 34.1 Å². The number of benzene rings is 4. The number of anilines is 1.